The van der Waals surface area contributed by atoms with Gasteiger partial charge in [-0.2, -0.15) is 0 Å². The van der Waals surface area contributed by atoms with Gasteiger partial charge in [0.05, 0.1) is 30.3 Å². The first kappa shape index (κ1) is 20.7. The number of primary amides is 1. The van der Waals surface area contributed by atoms with Crippen molar-refractivity contribution in [3.05, 3.63) is 70.2 Å². The lowest BCUT2D eigenvalue weighted by Crippen LogP contribution is -2.16. The Morgan fingerprint density at radius 3 is 2.45 bits per heavy atom. The molecule has 0 aliphatic rings. The number of methoxy groups -OCH3 is 1. The van der Waals surface area contributed by atoms with E-state index in [1.807, 2.05) is 6.92 Å². The van der Waals surface area contributed by atoms with E-state index in [2.05, 4.69) is 4.98 Å². The molecule has 1 amide bonds. The minimum Gasteiger partial charge on any atom is -0.496 e. The number of oxazole rings is 1. The number of aryl methyl sites for hydroxylation is 1. The van der Waals surface area contributed by atoms with Crippen molar-refractivity contribution in [1.82, 2.24) is 9.55 Å². The first-order valence-corrected chi connectivity index (χ1v) is 9.91. The molecule has 4 rings (SSSR count). The van der Waals surface area contributed by atoms with E-state index in [-0.39, 0.29) is 12.3 Å². The number of hydrogen-bond acceptors (Lipinski definition) is 5. The van der Waals surface area contributed by atoms with E-state index in [0.29, 0.717) is 55.6 Å². The molecular weight excluding hydrogens is 418 g/mol. The summed E-state index contributed by atoms with van der Waals surface area (Å²) in [5.74, 6) is 0.0750. The summed E-state index contributed by atoms with van der Waals surface area (Å²) in [6.07, 6.45) is 1.48. The van der Waals surface area contributed by atoms with Gasteiger partial charge in [0.15, 0.2) is 0 Å². The van der Waals surface area contributed by atoms with E-state index in [1.165, 1.54) is 13.4 Å². The van der Waals surface area contributed by atoms with Gasteiger partial charge in [-0.1, -0.05) is 11.6 Å². The molecule has 31 heavy (non-hydrogen) atoms. The third-order valence-corrected chi connectivity index (χ3v) is 5.41. The van der Waals surface area contributed by atoms with Crippen molar-refractivity contribution >= 4 is 34.3 Å². The number of nitrogens with two attached hydrogens (primary N) is 1. The molecule has 7 nitrogen and oxygen atoms in total. The zero-order valence-electron chi connectivity index (χ0n) is 17.2. The molecule has 0 saturated carbocycles. The van der Waals surface area contributed by atoms with Crippen LogP contribution in [0, 0.1) is 13.8 Å². The van der Waals surface area contributed by atoms with Gasteiger partial charge in [-0.25, -0.2) is 4.98 Å². The van der Waals surface area contributed by atoms with E-state index in [4.69, 9.17) is 26.5 Å². The number of carbonyl (C=O) groups is 2. The fourth-order valence-corrected chi connectivity index (χ4v) is 3.91. The largest absolute Gasteiger partial charge is 0.496 e. The van der Waals surface area contributed by atoms with Crippen LogP contribution in [0.2, 0.25) is 5.02 Å². The van der Waals surface area contributed by atoms with Crippen LogP contribution in [0.15, 0.2) is 47.1 Å². The number of aromatic nitrogens is 2. The fraction of sp³-hybridized carbons (Fsp3) is 0.174. The van der Waals surface area contributed by atoms with Gasteiger partial charge >= 0.3 is 0 Å². The van der Waals surface area contributed by atoms with Crippen molar-refractivity contribution in [1.29, 1.82) is 0 Å². The Bertz CT molecular complexity index is 1320. The monoisotopic (exact) mass is 437 g/mol. The lowest BCUT2D eigenvalue weighted by Gasteiger charge is -2.10. The van der Waals surface area contributed by atoms with Crippen molar-refractivity contribution < 1.29 is 18.7 Å². The maximum atomic E-state index is 13.4. The minimum absolute atomic E-state index is 0.0525. The van der Waals surface area contributed by atoms with Crippen LogP contribution in [-0.2, 0) is 11.2 Å². The second-order valence-electron chi connectivity index (χ2n) is 7.19. The van der Waals surface area contributed by atoms with Crippen molar-refractivity contribution in [3.8, 4) is 17.2 Å². The zero-order valence-corrected chi connectivity index (χ0v) is 18.0. The summed E-state index contributed by atoms with van der Waals surface area (Å²) in [5.41, 5.74) is 9.08. The Hall–Kier alpha value is -3.58. The van der Waals surface area contributed by atoms with Gasteiger partial charge in [-0.05, 0) is 55.8 Å². The Balaban J connectivity index is 2.07. The molecule has 0 atom stereocenters. The second kappa shape index (κ2) is 7.92. The molecule has 158 valence electrons. The number of ether oxygens (including phenoxy) is 1. The van der Waals surface area contributed by atoms with Crippen LogP contribution in [0.5, 0.6) is 5.75 Å². The third kappa shape index (κ3) is 3.57. The maximum absolute atomic E-state index is 13.4. The van der Waals surface area contributed by atoms with Crippen molar-refractivity contribution in [3.63, 3.8) is 0 Å². The standard InChI is InChI=1S/C23H20ClN3O4/c1-12-11-31-22(26-12)21-18(30-3)9-8-17-20(21)16(10-19(25)28)13(2)27(17)23(29)14-4-6-15(24)7-5-14/h4-9,11H,10H2,1-3H3,(H2,25,28). The molecule has 0 aliphatic carbocycles. The molecular formula is C23H20ClN3O4. The number of carbonyl (C=O) groups excluding carboxylic acids is 2. The molecule has 2 N–H and O–H groups in total. The van der Waals surface area contributed by atoms with Gasteiger partial charge in [0.1, 0.15) is 12.0 Å². The average Bonchev–Trinajstić information content (AvgIpc) is 3.28. The van der Waals surface area contributed by atoms with E-state index in [1.54, 1.807) is 47.9 Å². The van der Waals surface area contributed by atoms with E-state index in [0.717, 1.165) is 0 Å². The first-order valence-electron chi connectivity index (χ1n) is 9.53. The first-order chi connectivity index (χ1) is 14.8. The third-order valence-electron chi connectivity index (χ3n) is 5.16. The SMILES string of the molecule is COc1ccc2c(c(CC(N)=O)c(C)n2C(=O)c2ccc(Cl)cc2)c1-c1nc(C)co1. The summed E-state index contributed by atoms with van der Waals surface area (Å²) in [6.45, 7) is 3.59. The molecule has 2 aromatic heterocycles. The Morgan fingerprint density at radius 2 is 1.87 bits per heavy atom. The summed E-state index contributed by atoms with van der Waals surface area (Å²) in [7, 11) is 1.54. The predicted molar refractivity (Wildman–Crippen MR) is 118 cm³/mol. The normalized spacial score (nSPS) is 11.1. The van der Waals surface area contributed by atoms with Crippen molar-refractivity contribution in [2.45, 2.75) is 20.3 Å². The van der Waals surface area contributed by atoms with Gasteiger partial charge in [0.2, 0.25) is 11.8 Å². The number of fused-ring (bicyclic) bond motifs is 1. The molecule has 0 spiro atoms. The molecule has 0 bridgehead atoms. The zero-order chi connectivity index (χ0) is 22.3. The highest BCUT2D eigenvalue weighted by molar-refractivity contribution is 6.30. The average molecular weight is 438 g/mol. The van der Waals surface area contributed by atoms with Crippen LogP contribution in [0.4, 0.5) is 0 Å². The van der Waals surface area contributed by atoms with E-state index in [9.17, 15) is 9.59 Å². The Labute approximate surface area is 183 Å². The Morgan fingerprint density at radius 1 is 1.16 bits per heavy atom. The highest BCUT2D eigenvalue weighted by atomic mass is 35.5. The van der Waals surface area contributed by atoms with Crippen molar-refractivity contribution in [2.75, 3.05) is 7.11 Å². The van der Waals surface area contributed by atoms with Crippen LogP contribution in [0.3, 0.4) is 0 Å². The lowest BCUT2D eigenvalue weighted by molar-refractivity contribution is -0.117. The molecule has 0 unspecified atom stereocenters. The van der Waals surface area contributed by atoms with Crippen LogP contribution in [-0.4, -0.2) is 28.5 Å². The van der Waals surface area contributed by atoms with E-state index >= 15 is 0 Å². The topological polar surface area (TPSA) is 100 Å². The summed E-state index contributed by atoms with van der Waals surface area (Å²) in [6, 6.07) is 10.2. The van der Waals surface area contributed by atoms with Gasteiger partial charge < -0.3 is 14.9 Å². The number of benzene rings is 2. The summed E-state index contributed by atoms with van der Waals surface area (Å²) in [4.78, 5) is 29.8. The predicted octanol–water partition coefficient (Wildman–Crippen LogP) is 4.29. The lowest BCUT2D eigenvalue weighted by atomic mass is 10.0. The number of halogens is 1. The van der Waals surface area contributed by atoms with E-state index < -0.39 is 5.91 Å². The van der Waals surface area contributed by atoms with Crippen LogP contribution < -0.4 is 10.5 Å². The highest BCUT2D eigenvalue weighted by Gasteiger charge is 2.27. The highest BCUT2D eigenvalue weighted by Crippen LogP contribution is 2.41. The summed E-state index contributed by atoms with van der Waals surface area (Å²) in [5, 5.41) is 1.17. The van der Waals surface area contributed by atoms with Crippen LogP contribution >= 0.6 is 11.6 Å². The molecule has 0 radical (unpaired) electrons. The number of amides is 1. The molecule has 0 saturated heterocycles. The summed E-state index contributed by atoms with van der Waals surface area (Å²) >= 11 is 5.97. The van der Waals surface area contributed by atoms with Gasteiger partial charge in [0.25, 0.3) is 5.91 Å². The van der Waals surface area contributed by atoms with Crippen LogP contribution in [0.1, 0.15) is 27.3 Å². The van der Waals surface area contributed by atoms with Gasteiger partial charge in [0, 0.05) is 21.7 Å². The molecule has 0 fully saturated rings. The second-order valence-corrected chi connectivity index (χ2v) is 7.62. The number of rotatable bonds is 5. The summed E-state index contributed by atoms with van der Waals surface area (Å²) < 4.78 is 12.8. The van der Waals surface area contributed by atoms with Gasteiger partial charge in [-0.15, -0.1) is 0 Å². The number of nitrogens with zero attached hydrogens (tertiary/aromatic N) is 2. The number of hydrogen-bond donors (Lipinski definition) is 1. The van der Waals surface area contributed by atoms with Crippen molar-refractivity contribution in [2.24, 2.45) is 5.73 Å². The molecule has 4 aromatic rings. The molecule has 2 aromatic carbocycles. The minimum atomic E-state index is -0.515. The van der Waals surface area contributed by atoms with Gasteiger partial charge in [-0.3, -0.25) is 14.2 Å². The molecule has 8 heteroatoms. The maximum Gasteiger partial charge on any atom is 0.262 e. The smallest absolute Gasteiger partial charge is 0.262 e. The van der Waals surface area contributed by atoms with Crippen LogP contribution in [0.25, 0.3) is 22.4 Å². The fourth-order valence-electron chi connectivity index (χ4n) is 3.79. The quantitative estimate of drug-likeness (QED) is 0.502. The molecule has 2 heterocycles. The molecule has 0 aliphatic heterocycles. The Kier molecular flexibility index (Phi) is 5.29.